The molecule has 0 aliphatic carbocycles. The highest BCUT2D eigenvalue weighted by molar-refractivity contribution is 5.44. The third kappa shape index (κ3) is 10.5. The Morgan fingerprint density at radius 3 is 1.97 bits per heavy atom. The van der Waals surface area contributed by atoms with Crippen LogP contribution in [0.1, 0.15) is 68.8 Å². The van der Waals surface area contributed by atoms with Crippen molar-refractivity contribution in [2.75, 3.05) is 19.8 Å². The van der Waals surface area contributed by atoms with Gasteiger partial charge in [-0.1, -0.05) is 44.9 Å². The number of ether oxygens (including phenoxy) is 1. The molecule has 172 valence electrons. The van der Waals surface area contributed by atoms with E-state index in [1.807, 2.05) is 6.07 Å². The zero-order chi connectivity index (χ0) is 26.3. The quantitative estimate of drug-likeness (QED) is 0.230. The molecule has 2 aromatic rings. The van der Waals surface area contributed by atoms with Gasteiger partial charge in [0.1, 0.15) is 5.75 Å². The van der Waals surface area contributed by atoms with Crippen molar-refractivity contribution in [1.29, 1.82) is 5.26 Å². The molecule has 0 bridgehead atoms. The van der Waals surface area contributed by atoms with Gasteiger partial charge in [0.05, 0.1) is 35.1 Å². The molecule has 0 saturated heterocycles. The molecule has 0 unspecified atom stereocenters. The minimum absolute atomic E-state index is 0.00485. The van der Waals surface area contributed by atoms with Crippen molar-refractivity contribution >= 4 is 11.4 Å². The Kier molecular flexibility index (Phi) is 9.93. The Morgan fingerprint density at radius 2 is 1.38 bits per heavy atom. The molecule has 0 radical (unpaired) electrons. The molecule has 0 spiro atoms. The van der Waals surface area contributed by atoms with Gasteiger partial charge < -0.3 is 14.9 Å². The van der Waals surface area contributed by atoms with E-state index in [1.165, 1.54) is 0 Å². The average molecular weight is 442 g/mol. The second-order valence-electron chi connectivity index (χ2n) is 7.73. The Bertz CT molecular complexity index is 994. The third-order valence-electron chi connectivity index (χ3n) is 5.12. The van der Waals surface area contributed by atoms with E-state index in [9.17, 15) is 0 Å². The molecular weight excluding hydrogens is 402 g/mol. The summed E-state index contributed by atoms with van der Waals surface area (Å²) >= 11 is 0. The highest BCUT2D eigenvalue weighted by Crippen LogP contribution is 2.22. The van der Waals surface area contributed by atoms with Crippen molar-refractivity contribution in [3.63, 3.8) is 0 Å². The molecule has 6 heteroatoms. The van der Waals surface area contributed by atoms with E-state index in [1.54, 1.807) is 24.3 Å². The number of hydrogen-bond donors (Lipinski definition) is 2. The number of hydrogen-bond acceptors (Lipinski definition) is 6. The van der Waals surface area contributed by atoms with Gasteiger partial charge in [0.2, 0.25) is 0 Å². The van der Waals surface area contributed by atoms with Crippen molar-refractivity contribution < 1.29 is 20.4 Å². The van der Waals surface area contributed by atoms with Gasteiger partial charge in [0, 0.05) is 19.1 Å². The second kappa shape index (κ2) is 16.0. The van der Waals surface area contributed by atoms with Crippen LogP contribution in [0.5, 0.6) is 5.75 Å². The molecule has 0 aliphatic heterocycles. The molecule has 0 aromatic heterocycles. The summed E-state index contributed by atoms with van der Waals surface area (Å²) in [7, 11) is 0. The highest BCUT2D eigenvalue weighted by atomic mass is 16.5. The van der Waals surface area contributed by atoms with E-state index >= 15 is 0 Å². The highest BCUT2D eigenvalue weighted by Gasteiger charge is 2.04. The van der Waals surface area contributed by atoms with Gasteiger partial charge in [-0.2, -0.15) is 15.5 Å². The summed E-state index contributed by atoms with van der Waals surface area (Å²) < 4.78 is 38.4. The molecule has 0 atom stereocenters. The number of rotatable bonds is 16. The zero-order valence-corrected chi connectivity index (χ0v) is 18.5. The van der Waals surface area contributed by atoms with E-state index in [0.717, 1.165) is 57.8 Å². The van der Waals surface area contributed by atoms with Crippen LogP contribution in [-0.4, -0.2) is 30.0 Å². The Labute approximate surface area is 197 Å². The maximum Gasteiger partial charge on any atom is 0.119 e. The van der Waals surface area contributed by atoms with E-state index in [2.05, 4.69) is 10.2 Å². The summed E-state index contributed by atoms with van der Waals surface area (Å²) in [6.07, 6.45) is 9.15. The SMILES string of the molecule is [2H]c1c([2H])c(OCCCCCCCCCCC(CO)CO)c([2H])c([2H])c1N=Nc1ccc(C#N)cc1. The predicted octanol–water partition coefficient (Wildman–Crippen LogP) is 6.46. The maximum absolute atomic E-state index is 9.06. The number of unbranched alkanes of at least 4 members (excludes halogenated alkanes) is 7. The van der Waals surface area contributed by atoms with Gasteiger partial charge in [-0.15, -0.1) is 0 Å². The van der Waals surface area contributed by atoms with Crippen LogP contribution in [0.4, 0.5) is 11.4 Å². The summed E-state index contributed by atoms with van der Waals surface area (Å²) in [6, 6.07) is 7.14. The smallest absolute Gasteiger partial charge is 0.119 e. The van der Waals surface area contributed by atoms with Gasteiger partial charge in [0.15, 0.2) is 0 Å². The minimum atomic E-state index is -0.312. The van der Waals surface area contributed by atoms with E-state index in [0.29, 0.717) is 17.9 Å². The van der Waals surface area contributed by atoms with Crippen LogP contribution >= 0.6 is 0 Å². The normalized spacial score (nSPS) is 12.9. The first-order chi connectivity index (χ1) is 17.4. The van der Waals surface area contributed by atoms with Gasteiger partial charge in [-0.05, 0) is 61.3 Å². The van der Waals surface area contributed by atoms with Crippen LogP contribution in [0.3, 0.4) is 0 Å². The molecule has 2 N–H and O–H groups in total. The third-order valence-corrected chi connectivity index (χ3v) is 5.12. The van der Waals surface area contributed by atoms with Gasteiger partial charge in [-0.25, -0.2) is 0 Å². The first-order valence-electron chi connectivity index (χ1n) is 13.3. The molecule has 0 saturated carbocycles. The van der Waals surface area contributed by atoms with Crippen molar-refractivity contribution in [2.45, 2.75) is 57.8 Å². The lowest BCUT2D eigenvalue weighted by atomic mass is 10.0. The largest absolute Gasteiger partial charge is 0.494 e. The van der Waals surface area contributed by atoms with Crippen LogP contribution in [0.15, 0.2) is 58.7 Å². The molecule has 2 rings (SSSR count). The Balaban J connectivity index is 1.77. The van der Waals surface area contributed by atoms with Gasteiger partial charge in [0.25, 0.3) is 0 Å². The number of aliphatic hydroxyl groups excluding tert-OH is 2. The first-order valence-corrected chi connectivity index (χ1v) is 11.3. The molecular formula is C26H35N3O3. The second-order valence-corrected chi connectivity index (χ2v) is 7.73. The average Bonchev–Trinajstić information content (AvgIpc) is 2.90. The topological polar surface area (TPSA) is 98.2 Å². The van der Waals surface area contributed by atoms with Gasteiger partial charge in [-0.3, -0.25) is 0 Å². The summed E-state index contributed by atoms with van der Waals surface area (Å²) in [5, 5.41) is 34.9. The van der Waals surface area contributed by atoms with Crippen molar-refractivity contribution in [3.8, 4) is 11.8 Å². The zero-order valence-electron chi connectivity index (χ0n) is 22.5. The number of aliphatic hydroxyl groups is 2. The first kappa shape index (κ1) is 19.9. The van der Waals surface area contributed by atoms with Crippen LogP contribution in [0, 0.1) is 17.2 Å². The molecule has 2 aromatic carbocycles. The molecule has 6 nitrogen and oxygen atoms in total. The van der Waals surface area contributed by atoms with E-state index < -0.39 is 0 Å². The van der Waals surface area contributed by atoms with Crippen molar-refractivity contribution in [1.82, 2.24) is 0 Å². The molecule has 0 heterocycles. The minimum Gasteiger partial charge on any atom is -0.494 e. The monoisotopic (exact) mass is 441 g/mol. The molecule has 0 fully saturated rings. The number of azo groups is 1. The maximum atomic E-state index is 9.06. The van der Waals surface area contributed by atoms with E-state index in [4.69, 9.17) is 25.7 Å². The lowest BCUT2D eigenvalue weighted by Gasteiger charge is -2.09. The van der Waals surface area contributed by atoms with Crippen LogP contribution < -0.4 is 4.74 Å². The Hall–Kier alpha value is -2.75. The molecule has 0 aliphatic rings. The number of benzene rings is 2. The fourth-order valence-electron chi connectivity index (χ4n) is 3.14. The summed E-state index contributed by atoms with van der Waals surface area (Å²) in [6.45, 7) is 0.402. The van der Waals surface area contributed by atoms with E-state index in [-0.39, 0.29) is 54.7 Å². The van der Waals surface area contributed by atoms with Crippen molar-refractivity contribution in [3.05, 3.63) is 54.0 Å². The van der Waals surface area contributed by atoms with Crippen LogP contribution in [0.25, 0.3) is 0 Å². The molecule has 0 amide bonds. The summed E-state index contributed by atoms with van der Waals surface area (Å²) in [5.41, 5.74) is 0.746. The van der Waals surface area contributed by atoms with Crippen LogP contribution in [-0.2, 0) is 0 Å². The fourth-order valence-corrected chi connectivity index (χ4v) is 3.14. The molecule has 32 heavy (non-hydrogen) atoms. The summed E-state index contributed by atoms with van der Waals surface area (Å²) in [5.74, 6) is -0.0726. The lowest BCUT2D eigenvalue weighted by molar-refractivity contribution is 0.141. The standard InChI is InChI=1S/C26H35N3O3/c27-19-22-10-12-24(13-11-22)28-29-25-14-16-26(17-15-25)32-18-8-6-4-2-1-3-5-7-9-23(20-30)21-31/h10-17,23,30-31H,1-9,18,20-21H2/i14D,15D,16D,17D. The van der Waals surface area contributed by atoms with Crippen molar-refractivity contribution in [2.24, 2.45) is 16.1 Å². The lowest BCUT2D eigenvalue weighted by Crippen LogP contribution is -2.10. The van der Waals surface area contributed by atoms with Crippen LogP contribution in [0.2, 0.25) is 0 Å². The predicted molar refractivity (Wildman–Crippen MR) is 126 cm³/mol. The van der Waals surface area contributed by atoms with Gasteiger partial charge >= 0.3 is 0 Å². The summed E-state index contributed by atoms with van der Waals surface area (Å²) in [4.78, 5) is 0. The fraction of sp³-hybridized carbons (Fsp3) is 0.500. The number of nitriles is 1. The Morgan fingerprint density at radius 1 is 0.812 bits per heavy atom. The number of nitrogens with zero attached hydrogens (tertiary/aromatic N) is 3.